The Labute approximate surface area is 317 Å². The van der Waals surface area contributed by atoms with E-state index in [2.05, 4.69) is 170 Å². The van der Waals surface area contributed by atoms with E-state index in [1.54, 1.807) is 0 Å². The van der Waals surface area contributed by atoms with Gasteiger partial charge in [0.25, 0.3) is 0 Å². The van der Waals surface area contributed by atoms with Gasteiger partial charge in [0, 0.05) is 77.2 Å². The highest BCUT2D eigenvalue weighted by Gasteiger charge is 2.21. The normalized spacial score (nSPS) is 12.2. The van der Waals surface area contributed by atoms with Gasteiger partial charge in [-0.05, 0) is 62.5 Å². The van der Waals surface area contributed by atoms with Crippen molar-refractivity contribution in [3.63, 3.8) is 0 Å². The van der Waals surface area contributed by atoms with Crippen molar-refractivity contribution in [2.24, 2.45) is 0 Å². The third-order valence-electron chi connectivity index (χ3n) is 11.1. The molecule has 0 saturated heterocycles. The summed E-state index contributed by atoms with van der Waals surface area (Å²) in [6, 6.07) is 63.5. The summed E-state index contributed by atoms with van der Waals surface area (Å²) in [5.74, 6) is 0. The summed E-state index contributed by atoms with van der Waals surface area (Å²) < 4.78 is 8.02. The van der Waals surface area contributed by atoms with E-state index in [1.807, 2.05) is 34.0 Å². The van der Waals surface area contributed by atoms with Gasteiger partial charge in [-0.15, -0.1) is 34.0 Å². The molecule has 0 amide bonds. The van der Waals surface area contributed by atoms with Crippen LogP contribution in [0.3, 0.4) is 0 Å². The van der Waals surface area contributed by atoms with Gasteiger partial charge in [0.1, 0.15) is 0 Å². The number of rotatable bonds is 3. The topological polar surface area (TPSA) is 0 Å². The second kappa shape index (κ2) is 11.3. The number of hydrogen-bond acceptors (Lipinski definition) is 3. The minimum absolute atomic E-state index is 1.28. The first-order valence-electron chi connectivity index (χ1n) is 18.0. The van der Waals surface area contributed by atoms with Crippen LogP contribution in [0.25, 0.3) is 115 Å². The molecule has 0 unspecified atom stereocenters. The molecule has 9 aromatic carbocycles. The average Bonchev–Trinajstić information content (AvgIpc) is 3.91. The molecule has 3 aromatic heterocycles. The molecule has 0 aliphatic carbocycles. The van der Waals surface area contributed by atoms with E-state index >= 15 is 0 Å². The first-order valence-corrected chi connectivity index (χ1v) is 20.5. The van der Waals surface area contributed by atoms with Crippen LogP contribution in [0.4, 0.5) is 0 Å². The largest absolute Gasteiger partial charge is 0.135 e. The van der Waals surface area contributed by atoms with Crippen molar-refractivity contribution in [1.29, 1.82) is 0 Å². The zero-order chi connectivity index (χ0) is 34.6. The van der Waals surface area contributed by atoms with Crippen molar-refractivity contribution in [3.05, 3.63) is 170 Å². The van der Waals surface area contributed by atoms with E-state index in [0.717, 1.165) is 0 Å². The Morgan fingerprint density at radius 2 is 0.547 bits per heavy atom. The van der Waals surface area contributed by atoms with Crippen molar-refractivity contribution in [2.45, 2.75) is 0 Å². The molecule has 12 rings (SSSR count). The van der Waals surface area contributed by atoms with Gasteiger partial charge in [0.2, 0.25) is 0 Å². The highest BCUT2D eigenvalue weighted by atomic mass is 32.1. The third-order valence-corrected chi connectivity index (χ3v) is 14.8. The van der Waals surface area contributed by atoms with Gasteiger partial charge < -0.3 is 0 Å². The Hall–Kier alpha value is -5.84. The van der Waals surface area contributed by atoms with Crippen molar-refractivity contribution in [1.82, 2.24) is 0 Å². The van der Waals surface area contributed by atoms with Gasteiger partial charge in [-0.25, -0.2) is 0 Å². The fraction of sp³-hybridized carbons (Fsp3) is 0. The monoisotopic (exact) mass is 724 g/mol. The van der Waals surface area contributed by atoms with E-state index in [9.17, 15) is 0 Å². The minimum Gasteiger partial charge on any atom is -0.135 e. The third kappa shape index (κ3) is 4.27. The summed E-state index contributed by atoms with van der Waals surface area (Å²) in [6.45, 7) is 0. The van der Waals surface area contributed by atoms with Crippen LogP contribution in [-0.4, -0.2) is 0 Å². The Kier molecular flexibility index (Phi) is 6.35. The minimum atomic E-state index is 1.28. The lowest BCUT2D eigenvalue weighted by Crippen LogP contribution is -1.91. The van der Waals surface area contributed by atoms with Crippen LogP contribution in [-0.2, 0) is 0 Å². The van der Waals surface area contributed by atoms with Gasteiger partial charge in [-0.2, -0.15) is 0 Å². The molecule has 0 radical (unpaired) electrons. The van der Waals surface area contributed by atoms with Crippen LogP contribution in [0.1, 0.15) is 0 Å². The highest BCUT2D eigenvalue weighted by molar-refractivity contribution is 7.27. The predicted octanol–water partition coefficient (Wildman–Crippen LogP) is 16.1. The first-order chi connectivity index (χ1) is 26.3. The van der Waals surface area contributed by atoms with Crippen molar-refractivity contribution in [3.8, 4) is 33.4 Å². The van der Waals surface area contributed by atoms with E-state index in [0.29, 0.717) is 0 Å². The smallest absolute Gasteiger partial charge is 0.0434 e. The Morgan fingerprint density at radius 1 is 0.226 bits per heavy atom. The molecule has 0 atom stereocenters. The summed E-state index contributed by atoms with van der Waals surface area (Å²) in [7, 11) is 0. The van der Waals surface area contributed by atoms with Gasteiger partial charge in [0.15, 0.2) is 0 Å². The molecule has 12 aromatic rings. The molecule has 0 saturated carbocycles. The molecule has 0 nitrogen and oxygen atoms in total. The Bertz CT molecular complexity index is 3290. The van der Waals surface area contributed by atoms with Crippen molar-refractivity contribution in [2.75, 3.05) is 0 Å². The maximum Gasteiger partial charge on any atom is 0.0434 e. The predicted molar refractivity (Wildman–Crippen MR) is 236 cm³/mol. The lowest BCUT2D eigenvalue weighted by molar-refractivity contribution is 1.70. The van der Waals surface area contributed by atoms with E-state index in [1.165, 1.54) is 115 Å². The van der Waals surface area contributed by atoms with E-state index < -0.39 is 0 Å². The second-order valence-corrected chi connectivity index (χ2v) is 17.1. The standard InChI is InChI=1S/C50H28S3/c1-4-25-44-31(12-1)38-21-9-19-36(48(38)51-44)29-15-7-17-34-42(29)28-43-30(37-20-10-22-39-32-13-2-5-26-45(32)52-49(37)39)16-8-18-35(43)47(34)41-24-11-23-40-33-14-3-6-27-46(33)53-50(40)41/h1-28H. The van der Waals surface area contributed by atoms with Gasteiger partial charge in [-0.3, -0.25) is 0 Å². The quantitative estimate of drug-likeness (QED) is 0.159. The SMILES string of the molecule is c1ccc2c(c1)sc1c(-c3cccc4c(-c5cccc6c5sc5ccccc56)c5cccc(-c6cccc7c6sc6ccccc67)c5cc34)cccc12. The molecule has 0 aliphatic rings. The summed E-state index contributed by atoms with van der Waals surface area (Å²) in [4.78, 5) is 0. The molecule has 3 heterocycles. The Morgan fingerprint density at radius 3 is 0.981 bits per heavy atom. The number of thiophene rings is 3. The molecular weight excluding hydrogens is 697 g/mol. The molecule has 0 N–H and O–H groups in total. The van der Waals surface area contributed by atoms with E-state index in [4.69, 9.17) is 0 Å². The van der Waals surface area contributed by atoms with Crippen molar-refractivity contribution >= 4 is 116 Å². The van der Waals surface area contributed by atoms with Crippen LogP contribution in [0, 0.1) is 0 Å². The zero-order valence-corrected chi connectivity index (χ0v) is 30.8. The maximum absolute atomic E-state index is 2.50. The number of fused-ring (bicyclic) bond motifs is 11. The highest BCUT2D eigenvalue weighted by Crippen LogP contribution is 2.50. The zero-order valence-electron chi connectivity index (χ0n) is 28.4. The summed E-state index contributed by atoms with van der Waals surface area (Å²) in [5, 5.41) is 13.1. The molecule has 0 fully saturated rings. The number of hydrogen-bond donors (Lipinski definition) is 0. The Balaban J connectivity index is 1.24. The first kappa shape index (κ1) is 29.7. The van der Waals surface area contributed by atoms with Gasteiger partial charge in [-0.1, -0.05) is 146 Å². The lowest BCUT2D eigenvalue weighted by Gasteiger charge is -2.18. The molecule has 0 bridgehead atoms. The molecular formula is C50H28S3. The molecule has 0 spiro atoms. The molecule has 0 aliphatic heterocycles. The second-order valence-electron chi connectivity index (χ2n) is 13.9. The van der Waals surface area contributed by atoms with Crippen LogP contribution in [0.15, 0.2) is 170 Å². The van der Waals surface area contributed by atoms with E-state index in [-0.39, 0.29) is 0 Å². The van der Waals surface area contributed by atoms with Crippen LogP contribution >= 0.6 is 34.0 Å². The number of benzene rings is 9. The van der Waals surface area contributed by atoms with Gasteiger partial charge >= 0.3 is 0 Å². The fourth-order valence-corrected chi connectivity index (χ4v) is 12.5. The average molecular weight is 725 g/mol. The van der Waals surface area contributed by atoms with Crippen LogP contribution in [0.5, 0.6) is 0 Å². The summed E-state index contributed by atoms with van der Waals surface area (Å²) >= 11 is 5.73. The summed E-state index contributed by atoms with van der Waals surface area (Å²) in [6.07, 6.45) is 0. The molecule has 53 heavy (non-hydrogen) atoms. The van der Waals surface area contributed by atoms with Crippen LogP contribution in [0.2, 0.25) is 0 Å². The lowest BCUT2D eigenvalue weighted by atomic mass is 9.86. The molecule has 246 valence electrons. The van der Waals surface area contributed by atoms with Crippen molar-refractivity contribution < 1.29 is 0 Å². The maximum atomic E-state index is 2.50. The van der Waals surface area contributed by atoms with Gasteiger partial charge in [0.05, 0.1) is 0 Å². The fourth-order valence-electron chi connectivity index (χ4n) is 8.79. The van der Waals surface area contributed by atoms with Crippen LogP contribution < -0.4 is 0 Å². The summed E-state index contributed by atoms with van der Waals surface area (Å²) in [5.41, 5.74) is 7.76. The molecule has 3 heteroatoms.